The minimum absolute atomic E-state index is 0.199. The number of carbonyl (C=O) groups is 1. The molecule has 3 nitrogen and oxygen atoms in total. The van der Waals surface area contributed by atoms with E-state index in [0.717, 1.165) is 24.4 Å². The highest BCUT2D eigenvalue weighted by Gasteiger charge is 2.15. The molecule has 0 aliphatic carbocycles. The van der Waals surface area contributed by atoms with Crippen molar-refractivity contribution < 1.29 is 4.79 Å². The Morgan fingerprint density at radius 3 is 2.65 bits per heavy atom. The van der Waals surface area contributed by atoms with Crippen molar-refractivity contribution in [1.29, 1.82) is 0 Å². The van der Waals surface area contributed by atoms with Crippen LogP contribution in [-0.4, -0.2) is 15.6 Å². The van der Waals surface area contributed by atoms with Gasteiger partial charge in [0.25, 0.3) is 0 Å². The number of carbonyl (C=O) groups excluding carboxylic acids is 1. The van der Waals surface area contributed by atoms with Crippen LogP contribution in [-0.2, 0) is 24.2 Å². The number of hydrogen-bond donors (Lipinski definition) is 0. The molecule has 2 aromatic rings. The minimum Gasteiger partial charge on any atom is -0.299 e. The summed E-state index contributed by atoms with van der Waals surface area (Å²) in [6, 6.07) is 10.0. The second-order valence-electron chi connectivity index (χ2n) is 4.86. The number of rotatable bonds is 6. The number of benzene rings is 1. The molecule has 1 aromatic heterocycles. The summed E-state index contributed by atoms with van der Waals surface area (Å²) in [4.78, 5) is 12.1. The maximum absolute atomic E-state index is 12.1. The largest absolute Gasteiger partial charge is 0.299 e. The fourth-order valence-corrected chi connectivity index (χ4v) is 2.44. The first-order chi connectivity index (χ1) is 9.61. The lowest BCUT2D eigenvalue weighted by molar-refractivity contribution is -0.118. The summed E-state index contributed by atoms with van der Waals surface area (Å²) in [5, 5.41) is 4.96. The van der Waals surface area contributed by atoms with Crippen LogP contribution in [0, 0.1) is 6.92 Å². The van der Waals surface area contributed by atoms with Crippen LogP contribution in [0.15, 0.2) is 30.3 Å². The molecule has 4 heteroatoms. The Bertz CT molecular complexity index is 590. The topological polar surface area (TPSA) is 34.9 Å². The number of hydrogen-bond acceptors (Lipinski definition) is 2. The molecule has 0 N–H and O–H groups in total. The molecule has 2 rings (SSSR count). The van der Waals surface area contributed by atoms with Gasteiger partial charge >= 0.3 is 0 Å². The summed E-state index contributed by atoms with van der Waals surface area (Å²) in [6.07, 6.45) is 1.67. The van der Waals surface area contributed by atoms with Crippen molar-refractivity contribution in [2.75, 3.05) is 0 Å². The zero-order valence-corrected chi connectivity index (χ0v) is 12.7. The van der Waals surface area contributed by atoms with Gasteiger partial charge in [0.1, 0.15) is 5.78 Å². The van der Waals surface area contributed by atoms with Gasteiger partial charge in [-0.1, -0.05) is 41.9 Å². The molecule has 0 spiro atoms. The van der Waals surface area contributed by atoms with E-state index in [-0.39, 0.29) is 5.78 Å². The van der Waals surface area contributed by atoms with Crippen molar-refractivity contribution in [3.8, 4) is 0 Å². The molecule has 0 aliphatic rings. The monoisotopic (exact) mass is 290 g/mol. The number of Topliss-reactive ketones (excluding diaryl/α,β-unsaturated/α-hetero) is 1. The molecular formula is C16H19ClN2O. The summed E-state index contributed by atoms with van der Waals surface area (Å²) in [6.45, 7) is 4.60. The lowest BCUT2D eigenvalue weighted by atomic mass is 10.0. The first kappa shape index (κ1) is 14.8. The highest BCUT2D eigenvalue weighted by atomic mass is 35.5. The van der Waals surface area contributed by atoms with Gasteiger partial charge in [0.2, 0.25) is 0 Å². The fourth-order valence-electron chi connectivity index (χ4n) is 2.24. The van der Waals surface area contributed by atoms with Crippen molar-refractivity contribution in [3.05, 3.63) is 52.3 Å². The third-order valence-corrected chi connectivity index (χ3v) is 3.84. The van der Waals surface area contributed by atoms with Gasteiger partial charge in [-0.3, -0.25) is 9.48 Å². The smallest absolute Gasteiger partial charge is 0.139 e. The molecule has 0 saturated carbocycles. The van der Waals surface area contributed by atoms with E-state index in [2.05, 4.69) is 5.10 Å². The van der Waals surface area contributed by atoms with Crippen molar-refractivity contribution in [2.45, 2.75) is 39.7 Å². The van der Waals surface area contributed by atoms with Crippen LogP contribution in [0.4, 0.5) is 0 Å². The lowest BCUT2D eigenvalue weighted by Gasteiger charge is -2.05. The van der Waals surface area contributed by atoms with E-state index in [0.29, 0.717) is 17.9 Å². The fraction of sp³-hybridized carbons (Fsp3) is 0.375. The average Bonchev–Trinajstić information content (AvgIpc) is 2.74. The Kier molecular flexibility index (Phi) is 4.96. The second-order valence-corrected chi connectivity index (χ2v) is 5.24. The summed E-state index contributed by atoms with van der Waals surface area (Å²) in [7, 11) is 0. The minimum atomic E-state index is 0.199. The number of ketones is 1. The number of halogens is 1. The van der Waals surface area contributed by atoms with E-state index in [4.69, 9.17) is 11.6 Å². The Hall–Kier alpha value is -1.61. The molecule has 1 aromatic carbocycles. The van der Waals surface area contributed by atoms with Crippen LogP contribution >= 0.6 is 11.6 Å². The average molecular weight is 291 g/mol. The molecule has 1 heterocycles. The first-order valence-corrected chi connectivity index (χ1v) is 7.27. The van der Waals surface area contributed by atoms with Crippen LogP contribution in [0.5, 0.6) is 0 Å². The SMILES string of the molecule is CCn1nc(C)c(Cl)c1CC(=O)CCc1ccccc1. The Morgan fingerprint density at radius 2 is 2.00 bits per heavy atom. The van der Waals surface area contributed by atoms with Gasteiger partial charge in [-0.15, -0.1) is 0 Å². The summed E-state index contributed by atoms with van der Waals surface area (Å²) in [5.74, 6) is 0.199. The molecule has 20 heavy (non-hydrogen) atoms. The van der Waals surface area contributed by atoms with Crippen LogP contribution in [0.3, 0.4) is 0 Å². The van der Waals surface area contributed by atoms with Gasteiger partial charge in [-0.2, -0.15) is 5.10 Å². The van der Waals surface area contributed by atoms with Gasteiger partial charge in [-0.05, 0) is 25.8 Å². The maximum atomic E-state index is 12.1. The highest BCUT2D eigenvalue weighted by Crippen LogP contribution is 2.21. The molecule has 0 saturated heterocycles. The number of aryl methyl sites for hydroxylation is 3. The van der Waals surface area contributed by atoms with Crippen LogP contribution in [0.25, 0.3) is 0 Å². The quantitative estimate of drug-likeness (QED) is 0.814. The molecule has 0 bridgehead atoms. The van der Waals surface area contributed by atoms with Gasteiger partial charge in [0.05, 0.1) is 16.4 Å². The first-order valence-electron chi connectivity index (χ1n) is 6.89. The Morgan fingerprint density at radius 1 is 1.30 bits per heavy atom. The van der Waals surface area contributed by atoms with Crippen LogP contribution < -0.4 is 0 Å². The molecule has 0 radical (unpaired) electrons. The third kappa shape index (κ3) is 3.48. The molecule has 0 fully saturated rings. The van der Waals surface area contributed by atoms with E-state index in [1.807, 2.05) is 48.9 Å². The third-order valence-electron chi connectivity index (χ3n) is 3.35. The molecule has 106 valence electrons. The second kappa shape index (κ2) is 6.71. The Labute approximate surface area is 124 Å². The van der Waals surface area contributed by atoms with E-state index in [9.17, 15) is 4.79 Å². The molecule has 0 amide bonds. The van der Waals surface area contributed by atoms with Gasteiger partial charge in [0, 0.05) is 19.4 Å². The lowest BCUT2D eigenvalue weighted by Crippen LogP contribution is -2.10. The van der Waals surface area contributed by atoms with Gasteiger partial charge < -0.3 is 0 Å². The number of aromatic nitrogens is 2. The summed E-state index contributed by atoms with van der Waals surface area (Å²) >= 11 is 6.22. The zero-order valence-electron chi connectivity index (χ0n) is 11.9. The molecule has 0 atom stereocenters. The van der Waals surface area contributed by atoms with E-state index < -0.39 is 0 Å². The van der Waals surface area contributed by atoms with E-state index >= 15 is 0 Å². The van der Waals surface area contributed by atoms with E-state index in [1.165, 1.54) is 5.56 Å². The van der Waals surface area contributed by atoms with Gasteiger partial charge in [-0.25, -0.2) is 0 Å². The number of nitrogens with zero attached hydrogens (tertiary/aromatic N) is 2. The van der Waals surface area contributed by atoms with Crippen molar-refractivity contribution in [1.82, 2.24) is 9.78 Å². The molecular weight excluding hydrogens is 272 g/mol. The van der Waals surface area contributed by atoms with Crippen molar-refractivity contribution in [3.63, 3.8) is 0 Å². The predicted octanol–water partition coefficient (Wildman–Crippen LogP) is 3.61. The standard InChI is InChI=1S/C16H19ClN2O/c1-3-19-15(16(17)12(2)18-19)11-14(20)10-9-13-7-5-4-6-8-13/h4-8H,3,9-11H2,1-2H3. The zero-order chi connectivity index (χ0) is 14.5. The maximum Gasteiger partial charge on any atom is 0.139 e. The van der Waals surface area contributed by atoms with Gasteiger partial charge in [0.15, 0.2) is 0 Å². The van der Waals surface area contributed by atoms with Crippen LogP contribution in [0.2, 0.25) is 5.02 Å². The predicted molar refractivity (Wildman–Crippen MR) is 81.1 cm³/mol. The molecule has 0 unspecified atom stereocenters. The highest BCUT2D eigenvalue weighted by molar-refractivity contribution is 6.32. The Balaban J connectivity index is 1.98. The normalized spacial score (nSPS) is 10.8. The summed E-state index contributed by atoms with van der Waals surface area (Å²) in [5.41, 5.74) is 2.82. The van der Waals surface area contributed by atoms with Crippen LogP contribution in [0.1, 0.15) is 30.3 Å². The molecule has 0 aliphatic heterocycles. The van der Waals surface area contributed by atoms with E-state index in [1.54, 1.807) is 0 Å². The summed E-state index contributed by atoms with van der Waals surface area (Å²) < 4.78 is 1.82. The van der Waals surface area contributed by atoms with Crippen molar-refractivity contribution >= 4 is 17.4 Å². The van der Waals surface area contributed by atoms with Crippen molar-refractivity contribution in [2.24, 2.45) is 0 Å².